The van der Waals surface area contributed by atoms with Crippen LogP contribution < -0.4 is 0 Å². The number of rotatable bonds is 1. The molecule has 0 bridgehead atoms. The van der Waals surface area contributed by atoms with Crippen LogP contribution in [0.4, 0.5) is 0 Å². The summed E-state index contributed by atoms with van der Waals surface area (Å²) in [5, 5.41) is 0. The summed E-state index contributed by atoms with van der Waals surface area (Å²) >= 11 is 0. The maximum atomic E-state index is 2.21. The highest BCUT2D eigenvalue weighted by atomic mass is 14.0. The average Bonchev–Trinajstić information content (AvgIpc) is 2.19. The molecule has 1 aromatic rings. The van der Waals surface area contributed by atoms with Crippen molar-refractivity contribution in [3.63, 3.8) is 0 Å². The van der Waals surface area contributed by atoms with Crippen LogP contribution in [0.2, 0.25) is 0 Å². The van der Waals surface area contributed by atoms with Gasteiger partial charge in [0, 0.05) is 0 Å². The molecule has 0 unspecified atom stereocenters. The molecule has 0 amide bonds. The van der Waals surface area contributed by atoms with E-state index in [9.17, 15) is 0 Å². The Morgan fingerprint density at radius 2 is 1.12 bits per heavy atom. The van der Waals surface area contributed by atoms with E-state index in [0.29, 0.717) is 11.3 Å². The zero-order valence-corrected chi connectivity index (χ0v) is 13.4. The highest BCUT2D eigenvalue weighted by Gasteiger charge is 1.96. The van der Waals surface area contributed by atoms with Gasteiger partial charge in [-0.25, -0.2) is 0 Å². The summed E-state index contributed by atoms with van der Waals surface area (Å²) in [6.45, 7) is 19.3. The molecule has 0 radical (unpaired) electrons. The molecule has 1 aromatic carbocycles. The van der Waals surface area contributed by atoms with Gasteiger partial charge < -0.3 is 0 Å². The second-order valence-corrected chi connectivity index (χ2v) is 6.07. The third kappa shape index (κ3) is 15.2. The normalized spacial score (nSPS) is 10.0. The van der Waals surface area contributed by atoms with E-state index in [1.54, 1.807) is 0 Å². The number of aryl methyl sites for hydroxylation is 1. The van der Waals surface area contributed by atoms with E-state index in [1.807, 2.05) is 13.8 Å². The van der Waals surface area contributed by atoms with Crippen molar-refractivity contribution in [1.82, 2.24) is 0 Å². The zero-order chi connectivity index (χ0) is 14.1. The van der Waals surface area contributed by atoms with E-state index in [2.05, 4.69) is 72.7 Å². The zero-order valence-electron chi connectivity index (χ0n) is 13.4. The summed E-state index contributed by atoms with van der Waals surface area (Å²) in [7, 11) is 0. The lowest BCUT2D eigenvalue weighted by Gasteiger charge is -2.05. The molecule has 0 aliphatic heterocycles. The Kier molecular flexibility index (Phi) is 10.1. The Hall–Kier alpha value is -0.780. The number of hydrogen-bond donors (Lipinski definition) is 0. The molecule has 0 aromatic heterocycles. The van der Waals surface area contributed by atoms with Crippen molar-refractivity contribution in [3.05, 3.63) is 35.4 Å². The molecular weight excluding hydrogens is 204 g/mol. The van der Waals surface area contributed by atoms with Gasteiger partial charge in [-0.15, -0.1) is 0 Å². The van der Waals surface area contributed by atoms with Gasteiger partial charge in [0.2, 0.25) is 0 Å². The molecule has 0 saturated heterocycles. The molecule has 0 spiro atoms. The highest BCUT2D eigenvalue weighted by Crippen LogP contribution is 2.13. The number of benzene rings is 1. The van der Waals surface area contributed by atoms with Crippen molar-refractivity contribution in [2.75, 3.05) is 0 Å². The van der Waals surface area contributed by atoms with Crippen LogP contribution in [0.1, 0.15) is 72.4 Å². The largest absolute Gasteiger partial charge is 0.0683 e. The maximum Gasteiger partial charge on any atom is -0.0219 e. The lowest BCUT2D eigenvalue weighted by atomic mass is 10.0. The molecule has 0 atom stereocenters. The van der Waals surface area contributed by atoms with Crippen LogP contribution in [0.15, 0.2) is 24.3 Å². The first-order valence-electron chi connectivity index (χ1n) is 6.76. The van der Waals surface area contributed by atoms with Gasteiger partial charge in [-0.1, -0.05) is 85.2 Å². The van der Waals surface area contributed by atoms with E-state index >= 15 is 0 Å². The van der Waals surface area contributed by atoms with Crippen molar-refractivity contribution >= 4 is 0 Å². The van der Waals surface area contributed by atoms with E-state index in [1.165, 1.54) is 11.1 Å². The van der Waals surface area contributed by atoms with E-state index in [4.69, 9.17) is 0 Å². The van der Waals surface area contributed by atoms with Crippen LogP contribution in [-0.4, -0.2) is 0 Å². The second-order valence-electron chi connectivity index (χ2n) is 6.07. The quantitative estimate of drug-likeness (QED) is 0.545. The number of hydrogen-bond acceptors (Lipinski definition) is 0. The first-order valence-corrected chi connectivity index (χ1v) is 6.76. The molecule has 100 valence electrons. The van der Waals surface area contributed by atoms with Crippen LogP contribution in [0, 0.1) is 12.3 Å². The Labute approximate surface area is 109 Å². The van der Waals surface area contributed by atoms with Crippen LogP contribution in [0.25, 0.3) is 0 Å². The van der Waals surface area contributed by atoms with Crippen LogP contribution in [0.3, 0.4) is 0 Å². The van der Waals surface area contributed by atoms with E-state index in [-0.39, 0.29) is 0 Å². The molecule has 17 heavy (non-hydrogen) atoms. The molecule has 0 aliphatic carbocycles. The molecule has 0 aliphatic rings. The molecule has 0 heterocycles. The first-order chi connectivity index (χ1) is 7.70. The van der Waals surface area contributed by atoms with Crippen LogP contribution in [-0.2, 0) is 0 Å². The third-order valence-electron chi connectivity index (χ3n) is 1.74. The minimum Gasteiger partial charge on any atom is -0.0683 e. The van der Waals surface area contributed by atoms with Crippen molar-refractivity contribution in [1.29, 1.82) is 0 Å². The lowest BCUT2D eigenvalue weighted by molar-refractivity contribution is 0.469. The predicted molar refractivity (Wildman–Crippen MR) is 81.7 cm³/mol. The summed E-state index contributed by atoms with van der Waals surface area (Å²) < 4.78 is 0. The van der Waals surface area contributed by atoms with Crippen molar-refractivity contribution in [2.45, 2.75) is 68.2 Å². The topological polar surface area (TPSA) is 0 Å². The minimum atomic E-state index is 0.500. The Balaban J connectivity index is 0. The third-order valence-corrected chi connectivity index (χ3v) is 1.74. The SMILES string of the molecule is CC.CC(C)(C)C.Cc1ccc(C(C)C)cc1. The van der Waals surface area contributed by atoms with Gasteiger partial charge in [0.05, 0.1) is 0 Å². The molecule has 0 heteroatoms. The molecule has 0 fully saturated rings. The van der Waals surface area contributed by atoms with Gasteiger partial charge in [0.1, 0.15) is 0 Å². The smallest absolute Gasteiger partial charge is 0.0219 e. The summed E-state index contributed by atoms with van der Waals surface area (Å²) in [6.07, 6.45) is 0. The Bertz CT molecular complexity index is 253. The standard InChI is InChI=1S/C10H14.C5H12.C2H6/c1-8(2)10-6-4-9(3)5-7-10;1-5(2,3)4;1-2/h4-8H,1-3H3;1-4H3;1-2H3. The van der Waals surface area contributed by atoms with Gasteiger partial charge in [0.15, 0.2) is 0 Å². The molecule has 0 N–H and O–H groups in total. The summed E-state index contributed by atoms with van der Waals surface area (Å²) in [6, 6.07) is 8.71. The van der Waals surface area contributed by atoms with Gasteiger partial charge in [-0.05, 0) is 23.8 Å². The van der Waals surface area contributed by atoms with Crippen LogP contribution in [0.5, 0.6) is 0 Å². The maximum absolute atomic E-state index is 2.21. The fourth-order valence-electron chi connectivity index (χ4n) is 0.951. The van der Waals surface area contributed by atoms with E-state index in [0.717, 1.165) is 0 Å². The van der Waals surface area contributed by atoms with Crippen molar-refractivity contribution in [2.24, 2.45) is 5.41 Å². The molecule has 1 rings (SSSR count). The first kappa shape index (κ1) is 18.6. The Morgan fingerprint density at radius 3 is 1.35 bits per heavy atom. The summed E-state index contributed by atoms with van der Waals surface area (Å²) in [5.41, 5.74) is 3.26. The fourth-order valence-corrected chi connectivity index (χ4v) is 0.951. The molecule has 0 saturated carbocycles. The average molecular weight is 236 g/mol. The van der Waals surface area contributed by atoms with Gasteiger partial charge >= 0.3 is 0 Å². The monoisotopic (exact) mass is 236 g/mol. The Morgan fingerprint density at radius 1 is 0.824 bits per heavy atom. The fraction of sp³-hybridized carbons (Fsp3) is 0.647. The predicted octanol–water partition coefficient (Wildman–Crippen LogP) is 6.20. The van der Waals surface area contributed by atoms with Gasteiger partial charge in [0.25, 0.3) is 0 Å². The lowest BCUT2D eigenvalue weighted by Crippen LogP contribution is -1.93. The highest BCUT2D eigenvalue weighted by molar-refractivity contribution is 5.23. The van der Waals surface area contributed by atoms with Crippen molar-refractivity contribution in [3.8, 4) is 0 Å². The van der Waals surface area contributed by atoms with E-state index < -0.39 is 0 Å². The minimum absolute atomic E-state index is 0.500. The summed E-state index contributed by atoms with van der Waals surface area (Å²) in [4.78, 5) is 0. The molecular formula is C17H32. The van der Waals surface area contributed by atoms with Gasteiger partial charge in [-0.2, -0.15) is 0 Å². The van der Waals surface area contributed by atoms with Gasteiger partial charge in [-0.3, -0.25) is 0 Å². The van der Waals surface area contributed by atoms with Crippen LogP contribution >= 0.6 is 0 Å². The summed E-state index contributed by atoms with van der Waals surface area (Å²) in [5.74, 6) is 0.653. The second kappa shape index (κ2) is 9.27. The molecule has 0 nitrogen and oxygen atoms in total. The van der Waals surface area contributed by atoms with Crippen molar-refractivity contribution < 1.29 is 0 Å².